The van der Waals surface area contributed by atoms with Gasteiger partial charge in [-0.05, 0) is 50.0 Å². The summed E-state index contributed by atoms with van der Waals surface area (Å²) < 4.78 is 0. The molecule has 2 heterocycles. The van der Waals surface area contributed by atoms with Gasteiger partial charge in [0.15, 0.2) is 0 Å². The zero-order valence-corrected chi connectivity index (χ0v) is 23.4. The van der Waals surface area contributed by atoms with Gasteiger partial charge in [0, 0.05) is 55.2 Å². The number of hydrogen-bond acceptors (Lipinski definition) is 6. The van der Waals surface area contributed by atoms with Gasteiger partial charge in [-0.1, -0.05) is 32.6 Å². The number of nitrogens with zero attached hydrogens (tertiary/aromatic N) is 1. The van der Waals surface area contributed by atoms with Gasteiger partial charge >= 0.3 is 33.3 Å². The zero-order valence-electron chi connectivity index (χ0n) is 19.9. The van der Waals surface area contributed by atoms with Gasteiger partial charge in [0.1, 0.15) is 0 Å². The first kappa shape index (κ1) is 28.0. The molecular weight excluding hydrogens is 516 g/mol. The van der Waals surface area contributed by atoms with Crippen molar-refractivity contribution in [2.24, 2.45) is 0 Å². The van der Waals surface area contributed by atoms with Crippen LogP contribution in [0.25, 0.3) is 0 Å². The summed E-state index contributed by atoms with van der Waals surface area (Å²) in [7, 11) is 9.59. The number of nitrogens with one attached hydrogen (secondary N) is 4. The molecule has 4 atom stereocenters. The molecule has 2 fully saturated rings. The van der Waals surface area contributed by atoms with Crippen molar-refractivity contribution in [3.63, 3.8) is 0 Å². The fourth-order valence-corrected chi connectivity index (χ4v) is 6.21. The van der Waals surface area contributed by atoms with Crippen LogP contribution < -0.4 is 21.3 Å². The van der Waals surface area contributed by atoms with E-state index in [-0.39, 0.29) is 13.1 Å². The Bertz CT molecular complexity index is 638. The van der Waals surface area contributed by atoms with Crippen molar-refractivity contribution >= 4 is 32.0 Å². The molecule has 5 nitrogen and oxygen atoms in total. The van der Waals surface area contributed by atoms with E-state index in [1.165, 1.54) is 79.8 Å². The van der Waals surface area contributed by atoms with Crippen LogP contribution in [-0.2, 0) is 26.2 Å². The molecule has 4 rings (SSSR count). The summed E-state index contributed by atoms with van der Waals surface area (Å²) >= 11 is 1.98. The van der Waals surface area contributed by atoms with E-state index in [4.69, 9.17) is 25.2 Å². The van der Waals surface area contributed by atoms with E-state index in [9.17, 15) is 0 Å². The maximum absolute atomic E-state index is 5.05. The summed E-state index contributed by atoms with van der Waals surface area (Å²) in [5, 5.41) is 15.4. The van der Waals surface area contributed by atoms with Gasteiger partial charge in [0.2, 0.25) is 0 Å². The van der Waals surface area contributed by atoms with Crippen LogP contribution in [0, 0.1) is 0 Å². The molecule has 3 aliphatic rings. The number of hydrogen-bond donors (Lipinski definition) is 4. The van der Waals surface area contributed by atoms with Crippen LogP contribution in [-0.4, -0.2) is 48.0 Å². The molecule has 33 heavy (non-hydrogen) atoms. The molecule has 2 bridgehead atoms. The molecule has 0 unspecified atom stereocenters. The fraction of sp³-hybridized carbons (Fsp3) is 0.792. The second kappa shape index (κ2) is 16.2. The number of halogens is 2. The molecule has 2 saturated carbocycles. The first-order chi connectivity index (χ1) is 16.2. The molecule has 0 amide bonds. The molecular formula is C24H41Cl2MnN5S. The van der Waals surface area contributed by atoms with E-state index in [0.29, 0.717) is 24.2 Å². The van der Waals surface area contributed by atoms with Crippen molar-refractivity contribution in [1.29, 1.82) is 0 Å². The van der Waals surface area contributed by atoms with Gasteiger partial charge in [-0.3, -0.25) is 4.98 Å². The molecule has 1 aromatic rings. The van der Waals surface area contributed by atoms with Crippen molar-refractivity contribution in [2.45, 2.75) is 107 Å². The van der Waals surface area contributed by atoms with Crippen LogP contribution in [0.3, 0.4) is 0 Å². The predicted molar refractivity (Wildman–Crippen MR) is 139 cm³/mol. The van der Waals surface area contributed by atoms with Crippen molar-refractivity contribution in [1.82, 2.24) is 26.3 Å². The van der Waals surface area contributed by atoms with Crippen molar-refractivity contribution < 1.29 is 13.1 Å². The van der Waals surface area contributed by atoms with Gasteiger partial charge in [-0.2, -0.15) is 0 Å². The first-order valence-electron chi connectivity index (χ1n) is 12.7. The molecule has 189 valence electrons. The van der Waals surface area contributed by atoms with Gasteiger partial charge in [0.25, 0.3) is 0 Å². The van der Waals surface area contributed by atoms with E-state index < -0.39 is 0 Å². The van der Waals surface area contributed by atoms with Crippen LogP contribution >= 0.6 is 32.0 Å². The third kappa shape index (κ3) is 9.78. The van der Waals surface area contributed by atoms with E-state index in [1.807, 2.05) is 11.8 Å². The summed E-state index contributed by atoms with van der Waals surface area (Å²) in [5.41, 5.74) is 2.40. The summed E-state index contributed by atoms with van der Waals surface area (Å²) in [6.45, 7) is 6.14. The Labute approximate surface area is 219 Å². The van der Waals surface area contributed by atoms with E-state index in [1.54, 1.807) is 0 Å². The van der Waals surface area contributed by atoms with Crippen LogP contribution in [0.1, 0.15) is 76.1 Å². The minimum absolute atomic E-state index is 0.00694. The molecule has 0 spiro atoms. The fourth-order valence-electron chi connectivity index (χ4n) is 5.33. The van der Waals surface area contributed by atoms with E-state index >= 15 is 0 Å². The monoisotopic (exact) mass is 556 g/mol. The third-order valence-corrected chi connectivity index (χ3v) is 8.12. The second-order valence-electron chi connectivity index (χ2n) is 9.35. The van der Waals surface area contributed by atoms with Crippen LogP contribution in [0.15, 0.2) is 17.0 Å². The molecule has 2 aliphatic carbocycles. The maximum atomic E-state index is 5.05. The van der Waals surface area contributed by atoms with Crippen LogP contribution in [0.2, 0.25) is 0 Å². The Morgan fingerprint density at radius 2 is 1.24 bits per heavy atom. The molecule has 0 aromatic carbocycles. The standard InChI is InChI=1S/C24H41N5S.2ClH.Mn/c1-2-13-30-20-14-18-16-27-23-9-5-3-7-21(23)25-11-12-26-22-8-4-6-10-24(22)28-17-19(15-20)29-18;;;/h14-15,21-28H,2-13,16-17H2,1H3;2*1H;/q;;;+2/p-2/t21-,22-,23-,24-;;;/m1.../s1. The number of aromatic nitrogens is 1. The molecule has 9 heteroatoms. The van der Waals surface area contributed by atoms with Gasteiger partial charge in [0.05, 0.1) is 11.4 Å². The molecule has 1 aliphatic heterocycles. The van der Waals surface area contributed by atoms with Gasteiger partial charge < -0.3 is 21.3 Å². The first-order valence-corrected chi connectivity index (χ1v) is 16.9. The Morgan fingerprint density at radius 3 is 1.67 bits per heavy atom. The summed E-state index contributed by atoms with van der Waals surface area (Å²) in [4.78, 5) is 6.42. The number of fused-ring (bicyclic) bond motifs is 4. The second-order valence-corrected chi connectivity index (χ2v) is 12.5. The average molecular weight is 558 g/mol. The molecule has 4 N–H and O–H groups in total. The topological polar surface area (TPSA) is 61.0 Å². The van der Waals surface area contributed by atoms with Crippen molar-refractivity contribution in [3.05, 3.63) is 23.5 Å². The number of thioether (sulfide) groups is 1. The third-order valence-electron chi connectivity index (χ3n) is 6.94. The van der Waals surface area contributed by atoms with Gasteiger partial charge in [-0.15, -0.1) is 11.8 Å². The normalized spacial score (nSPS) is 28.8. The minimum atomic E-state index is 0.00694. The SMILES string of the molecule is CCCSc1cc2nc(c1)CN[C@@H]1CCCC[C@H]1NCCN[C@@H]1CCCC[C@H]1NC2.[Cl][Mn][Cl]. The van der Waals surface area contributed by atoms with Crippen LogP contribution in [0.5, 0.6) is 0 Å². The van der Waals surface area contributed by atoms with Crippen LogP contribution in [0.4, 0.5) is 0 Å². The van der Waals surface area contributed by atoms with Crippen molar-refractivity contribution in [2.75, 3.05) is 18.8 Å². The zero-order chi connectivity index (χ0) is 23.3. The van der Waals surface area contributed by atoms with E-state index in [0.717, 1.165) is 26.2 Å². The van der Waals surface area contributed by atoms with E-state index in [2.05, 4.69) is 40.3 Å². The summed E-state index contributed by atoms with van der Waals surface area (Å²) in [6.07, 6.45) is 11.7. The quantitative estimate of drug-likeness (QED) is 0.312. The molecule has 1 aromatic heterocycles. The Hall–Kier alpha value is 0.439. The summed E-state index contributed by atoms with van der Waals surface area (Å²) in [5.74, 6) is 1.17. The summed E-state index contributed by atoms with van der Waals surface area (Å²) in [6, 6.07) is 6.91. The molecule has 0 saturated heterocycles. The van der Waals surface area contributed by atoms with Gasteiger partial charge in [-0.25, -0.2) is 0 Å². The van der Waals surface area contributed by atoms with Crippen molar-refractivity contribution in [3.8, 4) is 0 Å². The predicted octanol–water partition coefficient (Wildman–Crippen LogP) is 4.95. The Morgan fingerprint density at radius 1 is 0.818 bits per heavy atom. The molecule has 0 radical (unpaired) electrons. The number of pyridine rings is 1. The Balaban J connectivity index is 0.000000968. The number of rotatable bonds is 3. The Kier molecular flexibility index (Phi) is 13.8. The average Bonchev–Trinajstić information content (AvgIpc) is 2.84.